The summed E-state index contributed by atoms with van der Waals surface area (Å²) in [6, 6.07) is 6.10. The van der Waals surface area contributed by atoms with Crippen LogP contribution in [0, 0.1) is 11.3 Å². The summed E-state index contributed by atoms with van der Waals surface area (Å²) in [6.07, 6.45) is 5.94. The van der Waals surface area contributed by atoms with Crippen molar-refractivity contribution in [2.75, 3.05) is 13.1 Å². The second-order valence-corrected chi connectivity index (χ2v) is 3.56. The molecule has 0 spiro atoms. The first-order valence-corrected chi connectivity index (χ1v) is 4.95. The zero-order valence-electron chi connectivity index (χ0n) is 8.06. The standard InChI is InChI=1S/C11H13N3/c12-8-11(14-6-1-2-7-14)10-4-3-5-13-9-10/h3-5,9,11H,1-2,6-7H2. The van der Waals surface area contributed by atoms with E-state index in [-0.39, 0.29) is 6.04 Å². The van der Waals surface area contributed by atoms with E-state index in [1.807, 2.05) is 12.1 Å². The topological polar surface area (TPSA) is 39.9 Å². The lowest BCUT2D eigenvalue weighted by Gasteiger charge is -2.20. The molecule has 0 aliphatic carbocycles. The van der Waals surface area contributed by atoms with E-state index in [2.05, 4.69) is 16.0 Å². The molecule has 0 radical (unpaired) electrons. The minimum Gasteiger partial charge on any atom is -0.284 e. The Morgan fingerprint density at radius 3 is 2.79 bits per heavy atom. The zero-order valence-corrected chi connectivity index (χ0v) is 8.06. The molecule has 1 aliphatic rings. The lowest BCUT2D eigenvalue weighted by molar-refractivity contribution is 0.294. The highest BCUT2D eigenvalue weighted by Crippen LogP contribution is 2.23. The summed E-state index contributed by atoms with van der Waals surface area (Å²) < 4.78 is 0. The van der Waals surface area contributed by atoms with Crippen LogP contribution in [0.2, 0.25) is 0 Å². The van der Waals surface area contributed by atoms with Crippen molar-refractivity contribution in [3.8, 4) is 6.07 Å². The van der Waals surface area contributed by atoms with Gasteiger partial charge in [-0.3, -0.25) is 9.88 Å². The van der Waals surface area contributed by atoms with Crippen molar-refractivity contribution in [2.24, 2.45) is 0 Å². The van der Waals surface area contributed by atoms with E-state index in [0.29, 0.717) is 0 Å². The Labute approximate surface area is 84.0 Å². The molecule has 72 valence electrons. The van der Waals surface area contributed by atoms with Gasteiger partial charge in [-0.15, -0.1) is 0 Å². The van der Waals surface area contributed by atoms with Crippen molar-refractivity contribution < 1.29 is 0 Å². The summed E-state index contributed by atoms with van der Waals surface area (Å²) in [7, 11) is 0. The Kier molecular flexibility index (Phi) is 2.76. The second-order valence-electron chi connectivity index (χ2n) is 3.56. The SMILES string of the molecule is N#CC(c1cccnc1)N1CCCC1. The van der Waals surface area contributed by atoms with Crippen molar-refractivity contribution in [3.63, 3.8) is 0 Å². The van der Waals surface area contributed by atoms with Crippen molar-refractivity contribution in [1.82, 2.24) is 9.88 Å². The minimum atomic E-state index is -0.105. The van der Waals surface area contributed by atoms with Crippen LogP contribution in [0.3, 0.4) is 0 Å². The van der Waals surface area contributed by atoms with Gasteiger partial charge in [-0.1, -0.05) is 6.07 Å². The average Bonchev–Trinajstić information content (AvgIpc) is 2.74. The summed E-state index contributed by atoms with van der Waals surface area (Å²) >= 11 is 0. The minimum absolute atomic E-state index is 0.105. The van der Waals surface area contributed by atoms with Gasteiger partial charge in [0.1, 0.15) is 6.04 Å². The molecule has 1 aromatic rings. The maximum Gasteiger partial charge on any atom is 0.125 e. The number of nitrogens with zero attached hydrogens (tertiary/aromatic N) is 3. The van der Waals surface area contributed by atoms with Crippen LogP contribution < -0.4 is 0 Å². The predicted octanol–water partition coefficient (Wildman–Crippen LogP) is 1.74. The molecule has 0 bridgehead atoms. The van der Waals surface area contributed by atoms with Crippen LogP contribution in [0.5, 0.6) is 0 Å². The van der Waals surface area contributed by atoms with E-state index in [1.54, 1.807) is 12.4 Å². The van der Waals surface area contributed by atoms with Gasteiger partial charge < -0.3 is 0 Å². The molecule has 3 nitrogen and oxygen atoms in total. The molecule has 14 heavy (non-hydrogen) atoms. The van der Waals surface area contributed by atoms with E-state index in [1.165, 1.54) is 12.8 Å². The van der Waals surface area contributed by atoms with Crippen LogP contribution in [0.15, 0.2) is 24.5 Å². The molecule has 1 aromatic heterocycles. The number of hydrogen-bond acceptors (Lipinski definition) is 3. The molecular weight excluding hydrogens is 174 g/mol. The molecule has 0 saturated carbocycles. The zero-order chi connectivity index (χ0) is 9.80. The summed E-state index contributed by atoms with van der Waals surface area (Å²) in [5.41, 5.74) is 1.01. The molecule has 0 amide bonds. The van der Waals surface area contributed by atoms with Gasteiger partial charge in [-0.25, -0.2) is 0 Å². The monoisotopic (exact) mass is 187 g/mol. The molecule has 1 aliphatic heterocycles. The molecule has 0 aromatic carbocycles. The smallest absolute Gasteiger partial charge is 0.125 e. The Morgan fingerprint density at radius 2 is 2.21 bits per heavy atom. The van der Waals surface area contributed by atoms with Gasteiger partial charge >= 0.3 is 0 Å². The highest BCUT2D eigenvalue weighted by Gasteiger charge is 2.22. The molecule has 1 unspecified atom stereocenters. The van der Waals surface area contributed by atoms with Gasteiger partial charge in [0.15, 0.2) is 0 Å². The first-order chi connectivity index (χ1) is 6.92. The van der Waals surface area contributed by atoms with Crippen LogP contribution in [-0.2, 0) is 0 Å². The maximum absolute atomic E-state index is 9.12. The van der Waals surface area contributed by atoms with Crippen LogP contribution >= 0.6 is 0 Å². The lowest BCUT2D eigenvalue weighted by atomic mass is 10.1. The van der Waals surface area contributed by atoms with E-state index >= 15 is 0 Å². The van der Waals surface area contributed by atoms with Crippen LogP contribution in [-0.4, -0.2) is 23.0 Å². The van der Waals surface area contributed by atoms with Gasteiger partial charge in [0.05, 0.1) is 6.07 Å². The number of likely N-dealkylation sites (tertiary alicyclic amines) is 1. The number of pyridine rings is 1. The number of hydrogen-bond donors (Lipinski definition) is 0. The molecular formula is C11H13N3. The highest BCUT2D eigenvalue weighted by molar-refractivity contribution is 5.20. The summed E-state index contributed by atoms with van der Waals surface area (Å²) in [6.45, 7) is 2.07. The number of nitriles is 1. The van der Waals surface area contributed by atoms with Crippen LogP contribution in [0.4, 0.5) is 0 Å². The Hall–Kier alpha value is -1.40. The third-order valence-electron chi connectivity index (χ3n) is 2.63. The van der Waals surface area contributed by atoms with Crippen molar-refractivity contribution in [3.05, 3.63) is 30.1 Å². The predicted molar refractivity (Wildman–Crippen MR) is 53.4 cm³/mol. The van der Waals surface area contributed by atoms with Gasteiger partial charge in [0, 0.05) is 18.0 Å². The van der Waals surface area contributed by atoms with Crippen molar-refractivity contribution in [1.29, 1.82) is 5.26 Å². The van der Waals surface area contributed by atoms with Gasteiger partial charge in [0.2, 0.25) is 0 Å². The Balaban J connectivity index is 2.18. The highest BCUT2D eigenvalue weighted by atomic mass is 15.2. The third-order valence-corrected chi connectivity index (χ3v) is 2.63. The average molecular weight is 187 g/mol. The van der Waals surface area contributed by atoms with Gasteiger partial charge in [-0.2, -0.15) is 5.26 Å². The summed E-state index contributed by atoms with van der Waals surface area (Å²) in [5, 5.41) is 9.12. The number of aromatic nitrogens is 1. The first-order valence-electron chi connectivity index (χ1n) is 4.95. The first kappa shape index (κ1) is 9.17. The molecule has 1 atom stereocenters. The Morgan fingerprint density at radius 1 is 1.43 bits per heavy atom. The van der Waals surface area contributed by atoms with Crippen LogP contribution in [0.25, 0.3) is 0 Å². The van der Waals surface area contributed by atoms with E-state index < -0.39 is 0 Å². The molecule has 3 heteroatoms. The molecule has 2 heterocycles. The summed E-state index contributed by atoms with van der Waals surface area (Å²) in [5.74, 6) is 0. The fourth-order valence-electron chi connectivity index (χ4n) is 1.90. The van der Waals surface area contributed by atoms with Gasteiger partial charge in [0.25, 0.3) is 0 Å². The molecule has 1 saturated heterocycles. The van der Waals surface area contributed by atoms with Crippen LogP contribution in [0.1, 0.15) is 24.4 Å². The normalized spacial score (nSPS) is 19.1. The lowest BCUT2D eigenvalue weighted by Crippen LogP contribution is -2.24. The van der Waals surface area contributed by atoms with E-state index in [4.69, 9.17) is 5.26 Å². The van der Waals surface area contributed by atoms with E-state index in [0.717, 1.165) is 18.7 Å². The quantitative estimate of drug-likeness (QED) is 0.708. The van der Waals surface area contributed by atoms with Crippen molar-refractivity contribution in [2.45, 2.75) is 18.9 Å². The fourth-order valence-corrected chi connectivity index (χ4v) is 1.90. The molecule has 2 rings (SSSR count). The molecule has 1 fully saturated rings. The maximum atomic E-state index is 9.12. The summed E-state index contributed by atoms with van der Waals surface area (Å²) in [4.78, 5) is 6.27. The number of rotatable bonds is 2. The Bertz CT molecular complexity index is 322. The fraction of sp³-hybridized carbons (Fsp3) is 0.455. The second kappa shape index (κ2) is 4.21. The van der Waals surface area contributed by atoms with Gasteiger partial charge in [-0.05, 0) is 32.0 Å². The third kappa shape index (κ3) is 1.75. The van der Waals surface area contributed by atoms with Crippen molar-refractivity contribution >= 4 is 0 Å². The van der Waals surface area contributed by atoms with E-state index in [9.17, 15) is 0 Å². The largest absolute Gasteiger partial charge is 0.284 e. The molecule has 0 N–H and O–H groups in total.